The van der Waals surface area contributed by atoms with E-state index in [2.05, 4.69) is 10.2 Å². The summed E-state index contributed by atoms with van der Waals surface area (Å²) in [6, 6.07) is 0. The molecule has 0 radical (unpaired) electrons. The SMILES string of the molecule is Cc1nnc(SC[B-](F)(F)F)s1.[K+]. The van der Waals surface area contributed by atoms with Crippen LogP contribution in [0.5, 0.6) is 0 Å². The van der Waals surface area contributed by atoms with Gasteiger partial charge in [0, 0.05) is 0 Å². The van der Waals surface area contributed by atoms with Crippen molar-refractivity contribution in [2.24, 2.45) is 0 Å². The Hall–Kier alpha value is 1.40. The molecule has 0 fully saturated rings. The summed E-state index contributed by atoms with van der Waals surface area (Å²) >= 11 is 1.88. The van der Waals surface area contributed by atoms with Crippen LogP contribution >= 0.6 is 23.1 Å². The average molecular weight is 252 g/mol. The van der Waals surface area contributed by atoms with Crippen molar-refractivity contribution < 1.29 is 64.3 Å². The average Bonchev–Trinajstić information content (AvgIpc) is 2.30. The molecule has 0 N–H and O–H groups in total. The van der Waals surface area contributed by atoms with Crippen molar-refractivity contribution >= 4 is 30.1 Å². The van der Waals surface area contributed by atoms with Gasteiger partial charge in [0.15, 0.2) is 4.34 Å². The van der Waals surface area contributed by atoms with Crippen LogP contribution in [0.15, 0.2) is 4.34 Å². The third-order valence-electron chi connectivity index (χ3n) is 0.903. The Labute approximate surface area is 125 Å². The van der Waals surface area contributed by atoms with Gasteiger partial charge in [-0.05, 0) is 12.6 Å². The summed E-state index contributed by atoms with van der Waals surface area (Å²) in [5.41, 5.74) is -0.839. The molecule has 0 aliphatic heterocycles. The minimum Gasteiger partial charge on any atom is -0.448 e. The van der Waals surface area contributed by atoms with E-state index in [1.54, 1.807) is 6.92 Å². The molecule has 0 aromatic carbocycles. The van der Waals surface area contributed by atoms with Crippen LogP contribution in [0.1, 0.15) is 5.01 Å². The van der Waals surface area contributed by atoms with Crippen molar-refractivity contribution in [3.8, 4) is 0 Å². The summed E-state index contributed by atoms with van der Waals surface area (Å²) in [5, 5.41) is 7.85. The molecule has 0 saturated heterocycles. The summed E-state index contributed by atoms with van der Waals surface area (Å²) < 4.78 is 35.6. The van der Waals surface area contributed by atoms with E-state index in [4.69, 9.17) is 0 Å². The number of nitrogens with zero attached hydrogens (tertiary/aromatic N) is 2. The van der Waals surface area contributed by atoms with Crippen molar-refractivity contribution in [2.45, 2.75) is 11.3 Å². The Morgan fingerprint density at radius 2 is 2.00 bits per heavy atom. The van der Waals surface area contributed by atoms with E-state index in [1.807, 2.05) is 0 Å². The van der Waals surface area contributed by atoms with Crippen molar-refractivity contribution in [1.29, 1.82) is 0 Å². The minimum absolute atomic E-state index is 0. The van der Waals surface area contributed by atoms with E-state index in [-0.39, 0.29) is 51.4 Å². The van der Waals surface area contributed by atoms with Crippen LogP contribution in [0, 0.1) is 6.92 Å². The van der Waals surface area contributed by atoms with E-state index in [9.17, 15) is 12.9 Å². The molecule has 0 unspecified atom stereocenters. The molecule has 0 amide bonds. The van der Waals surface area contributed by atoms with Crippen LogP contribution in [-0.4, -0.2) is 22.8 Å². The maximum absolute atomic E-state index is 11.7. The zero-order chi connectivity index (χ0) is 9.19. The summed E-state index contributed by atoms with van der Waals surface area (Å²) in [6.45, 7) is -3.01. The number of aryl methyl sites for hydroxylation is 1. The molecule has 0 bridgehead atoms. The molecule has 13 heavy (non-hydrogen) atoms. The monoisotopic (exact) mass is 252 g/mol. The van der Waals surface area contributed by atoms with Gasteiger partial charge in [0.25, 0.3) is 0 Å². The van der Waals surface area contributed by atoms with Gasteiger partial charge < -0.3 is 12.9 Å². The Morgan fingerprint density at radius 3 is 2.38 bits per heavy atom. The number of aromatic nitrogens is 2. The van der Waals surface area contributed by atoms with Gasteiger partial charge in [0.05, 0.1) is 0 Å². The first-order valence-electron chi connectivity index (χ1n) is 3.11. The van der Waals surface area contributed by atoms with Gasteiger partial charge in [-0.1, -0.05) is 11.3 Å². The zero-order valence-corrected chi connectivity index (χ0v) is 11.9. The largest absolute Gasteiger partial charge is 1.00 e. The van der Waals surface area contributed by atoms with Gasteiger partial charge >= 0.3 is 58.4 Å². The second-order valence-corrected chi connectivity index (χ2v) is 4.56. The third kappa shape index (κ3) is 6.48. The molecule has 0 aliphatic carbocycles. The first-order chi connectivity index (χ1) is 5.47. The quantitative estimate of drug-likeness (QED) is 0.527. The van der Waals surface area contributed by atoms with Crippen molar-refractivity contribution in [3.63, 3.8) is 0 Å². The predicted molar refractivity (Wildman–Crippen MR) is 44.4 cm³/mol. The van der Waals surface area contributed by atoms with Crippen LogP contribution < -0.4 is 51.4 Å². The fraction of sp³-hybridized carbons (Fsp3) is 0.500. The fourth-order valence-corrected chi connectivity index (χ4v) is 2.15. The minimum atomic E-state index is -4.72. The molecular formula is C4H5BF3KN2S2. The molecule has 1 heterocycles. The van der Waals surface area contributed by atoms with Crippen molar-refractivity contribution in [1.82, 2.24) is 10.2 Å². The van der Waals surface area contributed by atoms with E-state index in [0.29, 0.717) is 21.1 Å². The van der Waals surface area contributed by atoms with E-state index >= 15 is 0 Å². The number of thioether (sulfide) groups is 1. The topological polar surface area (TPSA) is 25.8 Å². The zero-order valence-electron chi connectivity index (χ0n) is 7.13. The van der Waals surface area contributed by atoms with Crippen LogP contribution in [0.3, 0.4) is 0 Å². The molecule has 1 aromatic rings. The molecule has 0 atom stereocenters. The third-order valence-corrected chi connectivity index (χ3v) is 3.01. The van der Waals surface area contributed by atoms with Crippen molar-refractivity contribution in [2.75, 3.05) is 5.65 Å². The Balaban J connectivity index is 0.00000144. The molecule has 1 rings (SSSR count). The maximum atomic E-state index is 11.7. The Morgan fingerprint density at radius 1 is 1.38 bits per heavy atom. The molecule has 2 nitrogen and oxygen atoms in total. The Kier molecular flexibility index (Phi) is 6.74. The second-order valence-electron chi connectivity index (χ2n) is 2.11. The maximum Gasteiger partial charge on any atom is 1.00 e. The normalized spacial score (nSPS) is 11.1. The molecule has 9 heteroatoms. The second kappa shape index (κ2) is 6.09. The number of hydrogen-bond acceptors (Lipinski definition) is 4. The van der Waals surface area contributed by atoms with Crippen LogP contribution in [-0.2, 0) is 0 Å². The van der Waals surface area contributed by atoms with Gasteiger partial charge in [-0.3, -0.25) is 0 Å². The summed E-state index contributed by atoms with van der Waals surface area (Å²) in [6.07, 6.45) is 0. The first-order valence-corrected chi connectivity index (χ1v) is 4.91. The first kappa shape index (κ1) is 14.4. The molecule has 0 spiro atoms. The van der Waals surface area contributed by atoms with Gasteiger partial charge in [-0.25, -0.2) is 0 Å². The molecule has 0 saturated carbocycles. The van der Waals surface area contributed by atoms with Gasteiger partial charge in [-0.15, -0.1) is 22.0 Å². The number of hydrogen-bond donors (Lipinski definition) is 0. The van der Waals surface area contributed by atoms with Gasteiger partial charge in [-0.2, -0.15) is 0 Å². The van der Waals surface area contributed by atoms with E-state index < -0.39 is 12.6 Å². The van der Waals surface area contributed by atoms with Crippen LogP contribution in [0.2, 0.25) is 0 Å². The predicted octanol–water partition coefficient (Wildman–Crippen LogP) is -0.671. The van der Waals surface area contributed by atoms with E-state index in [1.165, 1.54) is 11.3 Å². The van der Waals surface area contributed by atoms with Crippen LogP contribution in [0.4, 0.5) is 12.9 Å². The Bertz CT molecular complexity index is 266. The number of rotatable bonds is 3. The molecule has 1 aromatic heterocycles. The molecule has 0 aliphatic rings. The fourth-order valence-electron chi connectivity index (χ4n) is 0.503. The standard InChI is InChI=1S/C4H5BF3N2S2.K/c1-3-9-10-4(12-3)11-2-5(6,7)8;/h2H2,1H3;/q-1;+1. The summed E-state index contributed by atoms with van der Waals surface area (Å²) in [7, 11) is 0. The van der Waals surface area contributed by atoms with Gasteiger partial charge in [0.1, 0.15) is 5.01 Å². The smallest absolute Gasteiger partial charge is 0.448 e. The van der Waals surface area contributed by atoms with Crippen LogP contribution in [0.25, 0.3) is 0 Å². The van der Waals surface area contributed by atoms with E-state index in [0.717, 1.165) is 0 Å². The van der Waals surface area contributed by atoms with Crippen molar-refractivity contribution in [3.05, 3.63) is 5.01 Å². The molecule has 68 valence electrons. The molecular weight excluding hydrogens is 247 g/mol. The van der Waals surface area contributed by atoms with Gasteiger partial charge in [0.2, 0.25) is 0 Å². The number of halogens is 3. The summed E-state index contributed by atoms with van der Waals surface area (Å²) in [5.74, 6) is 0. The summed E-state index contributed by atoms with van der Waals surface area (Å²) in [4.78, 5) is 0.